The average molecular weight is 400 g/mol. The molecule has 0 aliphatic heterocycles. The van der Waals surface area contributed by atoms with Gasteiger partial charge in [-0.15, -0.1) is 5.10 Å². The summed E-state index contributed by atoms with van der Waals surface area (Å²) in [5, 5.41) is 6.95. The Kier molecular flexibility index (Phi) is 6.65. The van der Waals surface area contributed by atoms with Crippen LogP contribution in [0.15, 0.2) is 64.5 Å². The van der Waals surface area contributed by atoms with E-state index in [1.807, 2.05) is 30.3 Å². The van der Waals surface area contributed by atoms with Crippen molar-refractivity contribution in [2.75, 3.05) is 12.8 Å². The lowest BCUT2D eigenvalue weighted by molar-refractivity contribution is -0.127. The number of amides is 1. The number of hydrogen-bond acceptors (Lipinski definition) is 4. The predicted molar refractivity (Wildman–Crippen MR) is 107 cm³/mol. The molecule has 1 heterocycles. The Bertz CT molecular complexity index is 987. The number of hydrogen-bond donors (Lipinski definition) is 1. The number of aryl methyl sites for hydroxylation is 1. The van der Waals surface area contributed by atoms with Gasteiger partial charge in [0.2, 0.25) is 5.91 Å². The normalized spacial score (nSPS) is 10.8. The van der Waals surface area contributed by atoms with Crippen molar-refractivity contribution in [3.05, 3.63) is 82.0 Å². The first-order valence-corrected chi connectivity index (χ1v) is 9.82. The first-order chi connectivity index (χ1) is 13.5. The Labute approximate surface area is 166 Å². The van der Waals surface area contributed by atoms with Crippen LogP contribution < -0.4 is 5.69 Å². The van der Waals surface area contributed by atoms with Crippen molar-refractivity contribution in [1.29, 1.82) is 0 Å². The molecule has 0 aliphatic carbocycles. The second-order valence-corrected chi connectivity index (χ2v) is 7.31. The highest BCUT2D eigenvalue weighted by Gasteiger charge is 2.14. The molecule has 0 saturated heterocycles. The maximum Gasteiger partial charge on any atom is 0.343 e. The van der Waals surface area contributed by atoms with E-state index in [1.165, 1.54) is 33.4 Å². The third-order valence-corrected chi connectivity index (χ3v) is 5.21. The Morgan fingerprint density at radius 3 is 2.68 bits per heavy atom. The maximum atomic E-state index is 13.3. The first-order valence-electron chi connectivity index (χ1n) is 8.83. The van der Waals surface area contributed by atoms with E-state index < -0.39 is 0 Å². The van der Waals surface area contributed by atoms with Gasteiger partial charge in [-0.25, -0.2) is 14.3 Å². The zero-order chi connectivity index (χ0) is 19.9. The summed E-state index contributed by atoms with van der Waals surface area (Å²) in [6.07, 6.45) is 0.696. The smallest absolute Gasteiger partial charge is 0.341 e. The molecule has 2 aromatic carbocycles. The fourth-order valence-electron chi connectivity index (χ4n) is 2.73. The monoisotopic (exact) mass is 400 g/mol. The minimum absolute atomic E-state index is 0.126. The summed E-state index contributed by atoms with van der Waals surface area (Å²) in [4.78, 5) is 25.9. The van der Waals surface area contributed by atoms with E-state index in [-0.39, 0.29) is 23.2 Å². The number of aromatic nitrogens is 3. The van der Waals surface area contributed by atoms with Crippen molar-refractivity contribution in [1.82, 2.24) is 19.7 Å². The second-order valence-electron chi connectivity index (χ2n) is 6.37. The van der Waals surface area contributed by atoms with Crippen LogP contribution in [0.5, 0.6) is 0 Å². The van der Waals surface area contributed by atoms with E-state index in [1.54, 1.807) is 19.2 Å². The highest BCUT2D eigenvalue weighted by atomic mass is 32.2. The van der Waals surface area contributed by atoms with Gasteiger partial charge in [-0.3, -0.25) is 9.36 Å². The largest absolute Gasteiger partial charge is 0.343 e. The maximum absolute atomic E-state index is 13.3. The zero-order valence-electron chi connectivity index (χ0n) is 15.5. The van der Waals surface area contributed by atoms with Gasteiger partial charge in [0.05, 0.1) is 5.75 Å². The quantitative estimate of drug-likeness (QED) is 0.590. The molecule has 1 aromatic heterocycles. The molecule has 0 spiro atoms. The molecule has 0 unspecified atom stereocenters. The molecule has 0 bridgehead atoms. The van der Waals surface area contributed by atoms with E-state index >= 15 is 0 Å². The second kappa shape index (κ2) is 9.36. The van der Waals surface area contributed by atoms with E-state index in [4.69, 9.17) is 0 Å². The van der Waals surface area contributed by atoms with Crippen molar-refractivity contribution in [2.45, 2.75) is 24.7 Å². The number of nitrogens with zero attached hydrogens (tertiary/aromatic N) is 3. The summed E-state index contributed by atoms with van der Waals surface area (Å²) in [5.74, 6) is -0.312. The molecule has 6 nitrogen and oxygen atoms in total. The molecule has 28 heavy (non-hydrogen) atoms. The molecule has 1 N–H and O–H groups in total. The van der Waals surface area contributed by atoms with Crippen LogP contribution in [0.25, 0.3) is 0 Å². The van der Waals surface area contributed by atoms with Gasteiger partial charge in [0.15, 0.2) is 5.16 Å². The predicted octanol–water partition coefficient (Wildman–Crippen LogP) is 2.70. The molecular weight excluding hydrogens is 379 g/mol. The lowest BCUT2D eigenvalue weighted by Crippen LogP contribution is -2.28. The number of carbonyl (C=O) groups excluding carboxylic acids is 1. The van der Waals surface area contributed by atoms with Crippen molar-refractivity contribution >= 4 is 17.7 Å². The summed E-state index contributed by atoms with van der Waals surface area (Å²) in [5.41, 5.74) is 1.55. The third kappa shape index (κ3) is 5.32. The van der Waals surface area contributed by atoms with Crippen LogP contribution >= 0.6 is 11.8 Å². The third-order valence-electron chi connectivity index (χ3n) is 4.25. The van der Waals surface area contributed by atoms with Gasteiger partial charge in [0, 0.05) is 20.1 Å². The van der Waals surface area contributed by atoms with Gasteiger partial charge >= 0.3 is 5.69 Å². The van der Waals surface area contributed by atoms with Crippen molar-refractivity contribution in [3.8, 4) is 0 Å². The van der Waals surface area contributed by atoms with Gasteiger partial charge in [-0.05, 0) is 29.7 Å². The summed E-state index contributed by atoms with van der Waals surface area (Å²) < 4.78 is 14.8. The Hall–Kier alpha value is -2.87. The number of rotatable bonds is 8. The fourth-order valence-corrected chi connectivity index (χ4v) is 3.64. The first kappa shape index (κ1) is 19.9. The van der Waals surface area contributed by atoms with Gasteiger partial charge in [-0.1, -0.05) is 54.2 Å². The Balaban J connectivity index is 1.56. The standard InChI is InChI=1S/C20H21FN4O2S/c1-24(13-16-8-5-9-17(21)12-16)18(26)14-28-20-23-22-19(27)25(20)11-10-15-6-3-2-4-7-15/h2-9,12H,10-11,13-14H2,1H3,(H,22,27). The number of H-pyrrole nitrogens is 1. The summed E-state index contributed by atoms with van der Waals surface area (Å²) in [7, 11) is 1.67. The Morgan fingerprint density at radius 2 is 1.93 bits per heavy atom. The van der Waals surface area contributed by atoms with Crippen LogP contribution in [0.3, 0.4) is 0 Å². The van der Waals surface area contributed by atoms with Crippen molar-refractivity contribution in [3.63, 3.8) is 0 Å². The van der Waals surface area contributed by atoms with Crippen LogP contribution in [-0.2, 0) is 24.3 Å². The van der Waals surface area contributed by atoms with Crippen LogP contribution in [0.2, 0.25) is 0 Å². The van der Waals surface area contributed by atoms with Crippen molar-refractivity contribution in [2.24, 2.45) is 0 Å². The molecule has 8 heteroatoms. The molecule has 0 saturated carbocycles. The van der Waals surface area contributed by atoms with E-state index in [9.17, 15) is 14.0 Å². The van der Waals surface area contributed by atoms with Gasteiger partial charge in [-0.2, -0.15) is 0 Å². The fraction of sp³-hybridized carbons (Fsp3) is 0.250. The Morgan fingerprint density at radius 1 is 1.18 bits per heavy atom. The topological polar surface area (TPSA) is 71.0 Å². The van der Waals surface area contributed by atoms with Gasteiger partial charge in [0.1, 0.15) is 5.82 Å². The molecule has 146 valence electrons. The molecule has 0 atom stereocenters. The number of aromatic amines is 1. The molecule has 3 rings (SSSR count). The van der Waals surface area contributed by atoms with Gasteiger partial charge < -0.3 is 4.90 Å². The summed E-state index contributed by atoms with van der Waals surface area (Å²) >= 11 is 1.21. The molecule has 1 amide bonds. The molecule has 3 aromatic rings. The minimum Gasteiger partial charge on any atom is -0.341 e. The van der Waals surface area contributed by atoms with Crippen LogP contribution in [0, 0.1) is 5.82 Å². The van der Waals surface area contributed by atoms with E-state index in [2.05, 4.69) is 10.2 Å². The van der Waals surface area contributed by atoms with Crippen LogP contribution in [0.1, 0.15) is 11.1 Å². The molecular formula is C20H21FN4O2S. The number of nitrogens with one attached hydrogen (secondary N) is 1. The number of carbonyl (C=O) groups is 1. The SMILES string of the molecule is CN(Cc1cccc(F)c1)C(=O)CSc1n[nH]c(=O)n1CCc1ccccc1. The van der Waals surface area contributed by atoms with Crippen molar-refractivity contribution < 1.29 is 9.18 Å². The molecule has 0 radical (unpaired) electrons. The average Bonchev–Trinajstić information content (AvgIpc) is 3.04. The molecule has 0 aliphatic rings. The minimum atomic E-state index is -0.327. The lowest BCUT2D eigenvalue weighted by atomic mass is 10.1. The highest BCUT2D eigenvalue weighted by molar-refractivity contribution is 7.99. The number of halogens is 1. The lowest BCUT2D eigenvalue weighted by Gasteiger charge is -2.17. The number of thioether (sulfide) groups is 1. The number of benzene rings is 2. The van der Waals surface area contributed by atoms with Crippen LogP contribution in [0.4, 0.5) is 4.39 Å². The zero-order valence-corrected chi connectivity index (χ0v) is 16.3. The van der Waals surface area contributed by atoms with Crippen LogP contribution in [-0.4, -0.2) is 38.4 Å². The van der Waals surface area contributed by atoms with E-state index in [0.29, 0.717) is 24.7 Å². The summed E-state index contributed by atoms with van der Waals surface area (Å²) in [6.45, 7) is 0.799. The summed E-state index contributed by atoms with van der Waals surface area (Å²) in [6, 6.07) is 16.0. The molecule has 0 fully saturated rings. The van der Waals surface area contributed by atoms with E-state index in [0.717, 1.165) is 11.1 Å². The van der Waals surface area contributed by atoms with Gasteiger partial charge in [0.25, 0.3) is 0 Å². The highest BCUT2D eigenvalue weighted by Crippen LogP contribution is 2.15.